The van der Waals surface area contributed by atoms with Crippen molar-refractivity contribution in [2.75, 3.05) is 35.5 Å². The predicted octanol–water partition coefficient (Wildman–Crippen LogP) is 4.53. The maximum absolute atomic E-state index is 6.74. The summed E-state index contributed by atoms with van der Waals surface area (Å²) in [6, 6.07) is 9.45. The van der Waals surface area contributed by atoms with Crippen molar-refractivity contribution < 1.29 is 23.7 Å². The van der Waals surface area contributed by atoms with Gasteiger partial charge in [-0.2, -0.15) is 0 Å². The summed E-state index contributed by atoms with van der Waals surface area (Å²) in [5.41, 5.74) is 3.55. The minimum atomic E-state index is -0.324. The Morgan fingerprint density at radius 3 is 1.88 bits per heavy atom. The zero-order chi connectivity index (χ0) is 18.8. The molecule has 1 atom stereocenters. The summed E-state index contributed by atoms with van der Waals surface area (Å²) < 4.78 is 27.3. The van der Waals surface area contributed by atoms with Gasteiger partial charge in [-0.05, 0) is 35.4 Å². The molecule has 0 radical (unpaired) electrons. The highest BCUT2D eigenvalue weighted by atomic mass is 35.5. The number of benzene rings is 2. The second kappa shape index (κ2) is 7.48. The zero-order valence-corrected chi connectivity index (χ0v) is 16.1. The van der Waals surface area contributed by atoms with Crippen molar-refractivity contribution in [1.29, 1.82) is 0 Å². The van der Waals surface area contributed by atoms with E-state index in [1.807, 2.05) is 30.3 Å². The molecule has 0 unspecified atom stereocenters. The maximum atomic E-state index is 6.74. The lowest BCUT2D eigenvalue weighted by atomic mass is 9.99. The van der Waals surface area contributed by atoms with Crippen molar-refractivity contribution in [3.8, 4) is 23.0 Å². The summed E-state index contributed by atoms with van der Waals surface area (Å²) in [5.74, 6) is 2.53. The Morgan fingerprint density at radius 2 is 1.31 bits per heavy atom. The molecule has 3 rings (SSSR count). The first-order valence-electron chi connectivity index (χ1n) is 8.00. The quantitative estimate of drug-likeness (QED) is 0.741. The summed E-state index contributed by atoms with van der Waals surface area (Å²) in [7, 11) is 8.06. The van der Waals surface area contributed by atoms with E-state index in [1.165, 1.54) is 0 Å². The topological polar surface area (TPSA) is 46.2 Å². The van der Waals surface area contributed by atoms with Crippen LogP contribution >= 0.6 is 11.6 Å². The van der Waals surface area contributed by atoms with E-state index in [-0.39, 0.29) is 6.10 Å². The van der Waals surface area contributed by atoms with Crippen molar-refractivity contribution in [2.24, 2.45) is 0 Å². The Labute approximate surface area is 158 Å². The van der Waals surface area contributed by atoms with E-state index in [0.29, 0.717) is 28.0 Å². The molecule has 0 aliphatic heterocycles. The van der Waals surface area contributed by atoms with Crippen LogP contribution in [0.1, 0.15) is 22.8 Å². The van der Waals surface area contributed by atoms with Gasteiger partial charge in [-0.25, -0.2) is 0 Å². The van der Waals surface area contributed by atoms with Crippen molar-refractivity contribution in [2.45, 2.75) is 6.10 Å². The summed E-state index contributed by atoms with van der Waals surface area (Å²) in [4.78, 5) is 0. The van der Waals surface area contributed by atoms with Gasteiger partial charge in [0.2, 0.25) is 0 Å². The van der Waals surface area contributed by atoms with Gasteiger partial charge in [0.25, 0.3) is 0 Å². The summed E-state index contributed by atoms with van der Waals surface area (Å²) in [6.07, 6.45) is -0.324. The number of methoxy groups -OCH3 is 5. The largest absolute Gasteiger partial charge is 0.493 e. The van der Waals surface area contributed by atoms with Gasteiger partial charge in [-0.15, -0.1) is 0 Å². The monoisotopic (exact) mass is 376 g/mol. The van der Waals surface area contributed by atoms with Crippen LogP contribution in [-0.4, -0.2) is 35.5 Å². The molecule has 0 spiro atoms. The van der Waals surface area contributed by atoms with Crippen LogP contribution in [0.25, 0.3) is 10.6 Å². The summed E-state index contributed by atoms with van der Waals surface area (Å²) in [6.45, 7) is 0. The summed E-state index contributed by atoms with van der Waals surface area (Å²) in [5, 5.41) is 0.611. The van der Waals surface area contributed by atoms with Crippen molar-refractivity contribution in [3.63, 3.8) is 0 Å². The zero-order valence-electron chi connectivity index (χ0n) is 15.4. The number of hydrogen-bond donors (Lipinski definition) is 0. The standard InChI is InChI=1S/C20H21ClO5/c1-22-14-7-6-11(8-15(14)23-2)18-19(21)12-9-16(24-3)17(25-4)10-13(12)20(18)26-5/h6-10,20H,1-5H3/t20-/m1/s1. The van der Waals surface area contributed by atoms with Gasteiger partial charge in [0, 0.05) is 18.2 Å². The molecule has 0 fully saturated rings. The Kier molecular flexibility index (Phi) is 5.30. The Bertz CT molecular complexity index is 860. The average molecular weight is 377 g/mol. The lowest BCUT2D eigenvalue weighted by molar-refractivity contribution is 0.152. The van der Waals surface area contributed by atoms with E-state index >= 15 is 0 Å². The van der Waals surface area contributed by atoms with Crippen LogP contribution in [0.3, 0.4) is 0 Å². The molecule has 0 amide bonds. The van der Waals surface area contributed by atoms with Crippen LogP contribution in [0.5, 0.6) is 23.0 Å². The van der Waals surface area contributed by atoms with E-state index in [0.717, 1.165) is 22.3 Å². The summed E-state index contributed by atoms with van der Waals surface area (Å²) >= 11 is 6.74. The van der Waals surface area contributed by atoms with Gasteiger partial charge in [-0.3, -0.25) is 0 Å². The number of hydrogen-bond acceptors (Lipinski definition) is 5. The minimum absolute atomic E-state index is 0.324. The highest BCUT2D eigenvalue weighted by molar-refractivity contribution is 6.53. The molecule has 138 valence electrons. The molecule has 5 nitrogen and oxygen atoms in total. The molecule has 2 aromatic carbocycles. The number of rotatable bonds is 6. The lowest BCUT2D eigenvalue weighted by Gasteiger charge is -2.17. The van der Waals surface area contributed by atoms with Gasteiger partial charge < -0.3 is 23.7 Å². The molecule has 2 aromatic rings. The smallest absolute Gasteiger partial charge is 0.161 e. The van der Waals surface area contributed by atoms with Crippen LogP contribution in [0.4, 0.5) is 0 Å². The first-order valence-corrected chi connectivity index (χ1v) is 8.38. The number of halogens is 1. The van der Waals surface area contributed by atoms with Gasteiger partial charge in [0.1, 0.15) is 6.10 Å². The normalized spacial score (nSPS) is 15.7. The van der Waals surface area contributed by atoms with Crippen LogP contribution in [-0.2, 0) is 4.74 Å². The minimum Gasteiger partial charge on any atom is -0.493 e. The van der Waals surface area contributed by atoms with Crippen LogP contribution in [0.15, 0.2) is 30.3 Å². The van der Waals surface area contributed by atoms with E-state index in [9.17, 15) is 0 Å². The maximum Gasteiger partial charge on any atom is 0.161 e. The Morgan fingerprint density at radius 1 is 0.731 bits per heavy atom. The second-order valence-corrected chi connectivity index (χ2v) is 6.09. The number of ether oxygens (including phenoxy) is 5. The Hall–Kier alpha value is -2.37. The molecule has 1 aliphatic carbocycles. The third kappa shape index (κ3) is 2.87. The first kappa shape index (κ1) is 18.4. The molecule has 26 heavy (non-hydrogen) atoms. The van der Waals surface area contributed by atoms with Crippen LogP contribution < -0.4 is 18.9 Å². The highest BCUT2D eigenvalue weighted by Gasteiger charge is 2.33. The van der Waals surface area contributed by atoms with Gasteiger partial charge in [0.15, 0.2) is 23.0 Å². The average Bonchev–Trinajstić information content (AvgIpc) is 2.97. The van der Waals surface area contributed by atoms with E-state index in [4.69, 9.17) is 35.3 Å². The molecule has 0 bridgehead atoms. The second-order valence-electron chi connectivity index (χ2n) is 5.71. The molecule has 0 saturated carbocycles. The molecule has 1 aliphatic rings. The van der Waals surface area contributed by atoms with Crippen molar-refractivity contribution >= 4 is 22.2 Å². The first-order chi connectivity index (χ1) is 12.6. The van der Waals surface area contributed by atoms with E-state index < -0.39 is 0 Å². The van der Waals surface area contributed by atoms with Crippen LogP contribution in [0.2, 0.25) is 0 Å². The van der Waals surface area contributed by atoms with Crippen molar-refractivity contribution in [1.82, 2.24) is 0 Å². The molecule has 0 heterocycles. The molecule has 6 heteroatoms. The van der Waals surface area contributed by atoms with Gasteiger partial charge in [-0.1, -0.05) is 17.7 Å². The van der Waals surface area contributed by atoms with Gasteiger partial charge >= 0.3 is 0 Å². The third-order valence-electron chi connectivity index (χ3n) is 4.50. The molecular formula is C20H21ClO5. The van der Waals surface area contributed by atoms with Gasteiger partial charge in [0.05, 0.1) is 33.5 Å². The van der Waals surface area contributed by atoms with E-state index in [2.05, 4.69) is 0 Å². The van der Waals surface area contributed by atoms with Crippen LogP contribution in [0, 0.1) is 0 Å². The SMILES string of the molecule is COc1ccc(C2=C(Cl)c3cc(OC)c(OC)cc3[C@H]2OC)cc1OC. The fourth-order valence-corrected chi connectivity index (χ4v) is 3.62. The third-order valence-corrected chi connectivity index (χ3v) is 4.91. The Balaban J connectivity index is 2.17. The number of fused-ring (bicyclic) bond motifs is 1. The molecular weight excluding hydrogens is 356 g/mol. The van der Waals surface area contributed by atoms with E-state index in [1.54, 1.807) is 35.5 Å². The fraction of sp³-hybridized carbons (Fsp3) is 0.300. The molecule has 0 saturated heterocycles. The highest BCUT2D eigenvalue weighted by Crippen LogP contribution is 2.52. The predicted molar refractivity (Wildman–Crippen MR) is 102 cm³/mol. The molecule has 0 aromatic heterocycles. The lowest BCUT2D eigenvalue weighted by Crippen LogP contribution is -2.03. The van der Waals surface area contributed by atoms with Crippen molar-refractivity contribution in [3.05, 3.63) is 47.0 Å². The fourth-order valence-electron chi connectivity index (χ4n) is 3.24. The molecule has 0 N–H and O–H groups in total.